The van der Waals surface area contributed by atoms with Crippen molar-refractivity contribution in [3.05, 3.63) is 16.4 Å². The number of rotatable bonds is 4. The lowest BCUT2D eigenvalue weighted by Gasteiger charge is -2.22. The fourth-order valence-electron chi connectivity index (χ4n) is 2.32. The van der Waals surface area contributed by atoms with Crippen LogP contribution in [0.4, 0.5) is 0 Å². The zero-order valence-electron chi connectivity index (χ0n) is 10.1. The van der Waals surface area contributed by atoms with E-state index < -0.39 is 0 Å². The number of aromatic nitrogens is 2. The van der Waals surface area contributed by atoms with Crippen LogP contribution in [0.25, 0.3) is 0 Å². The van der Waals surface area contributed by atoms with Gasteiger partial charge in [-0.1, -0.05) is 6.42 Å². The standard InChI is InChI=1S/C12H18BrN3O/c1-16-12(10(13)8-15-16)11(17)6-5-9-4-2-3-7-14-9/h8-9,14H,2-7H2,1H3. The summed E-state index contributed by atoms with van der Waals surface area (Å²) in [6.45, 7) is 1.09. The molecule has 0 bridgehead atoms. The van der Waals surface area contributed by atoms with Crippen LogP contribution in [-0.4, -0.2) is 28.2 Å². The van der Waals surface area contributed by atoms with Crippen molar-refractivity contribution in [2.24, 2.45) is 7.05 Å². The Balaban J connectivity index is 1.89. The molecule has 0 aliphatic carbocycles. The Morgan fingerprint density at radius 3 is 3.06 bits per heavy atom. The molecule has 0 aromatic carbocycles. The minimum absolute atomic E-state index is 0.171. The van der Waals surface area contributed by atoms with Crippen molar-refractivity contribution in [1.29, 1.82) is 0 Å². The molecule has 1 saturated heterocycles. The first-order valence-electron chi connectivity index (χ1n) is 6.12. The number of hydrogen-bond donors (Lipinski definition) is 1. The molecular weight excluding hydrogens is 282 g/mol. The molecule has 0 saturated carbocycles. The van der Waals surface area contributed by atoms with Gasteiger partial charge in [-0.3, -0.25) is 9.48 Å². The molecule has 1 aromatic heterocycles. The summed E-state index contributed by atoms with van der Waals surface area (Å²) in [7, 11) is 1.80. The highest BCUT2D eigenvalue weighted by atomic mass is 79.9. The van der Waals surface area contributed by atoms with E-state index in [1.807, 2.05) is 0 Å². The topological polar surface area (TPSA) is 46.9 Å². The molecule has 94 valence electrons. The van der Waals surface area contributed by atoms with E-state index in [2.05, 4.69) is 26.3 Å². The number of Topliss-reactive ketones (excluding diaryl/α,β-unsaturated/α-hetero) is 1. The van der Waals surface area contributed by atoms with E-state index in [1.54, 1.807) is 17.9 Å². The van der Waals surface area contributed by atoms with Gasteiger partial charge in [-0.25, -0.2) is 0 Å². The van der Waals surface area contributed by atoms with E-state index in [1.165, 1.54) is 19.3 Å². The Kier molecular flexibility index (Phi) is 4.34. The lowest BCUT2D eigenvalue weighted by Crippen LogP contribution is -2.34. The van der Waals surface area contributed by atoms with Crippen molar-refractivity contribution in [3.63, 3.8) is 0 Å². The second-order valence-corrected chi connectivity index (χ2v) is 5.43. The molecule has 1 N–H and O–H groups in total. The van der Waals surface area contributed by atoms with Crippen LogP contribution in [0.3, 0.4) is 0 Å². The first-order valence-corrected chi connectivity index (χ1v) is 6.92. The molecule has 1 aliphatic rings. The Morgan fingerprint density at radius 2 is 2.47 bits per heavy atom. The molecule has 1 aromatic rings. The Labute approximate surface area is 110 Å². The number of aryl methyl sites for hydroxylation is 1. The second-order valence-electron chi connectivity index (χ2n) is 4.57. The molecule has 0 radical (unpaired) electrons. The van der Waals surface area contributed by atoms with Gasteiger partial charge in [0.25, 0.3) is 0 Å². The van der Waals surface area contributed by atoms with Crippen LogP contribution < -0.4 is 5.32 Å². The second kappa shape index (κ2) is 5.78. The van der Waals surface area contributed by atoms with E-state index in [9.17, 15) is 4.79 Å². The van der Waals surface area contributed by atoms with Gasteiger partial charge in [-0.2, -0.15) is 5.10 Å². The SMILES string of the molecule is Cn1ncc(Br)c1C(=O)CCC1CCCCN1. The van der Waals surface area contributed by atoms with Crippen molar-refractivity contribution >= 4 is 21.7 Å². The molecule has 2 heterocycles. The van der Waals surface area contributed by atoms with Gasteiger partial charge in [0.15, 0.2) is 5.78 Å². The third-order valence-electron chi connectivity index (χ3n) is 3.29. The molecule has 2 rings (SSSR count). The van der Waals surface area contributed by atoms with E-state index >= 15 is 0 Å². The first-order chi connectivity index (χ1) is 8.18. The lowest BCUT2D eigenvalue weighted by molar-refractivity contribution is 0.0964. The zero-order valence-corrected chi connectivity index (χ0v) is 11.7. The predicted molar refractivity (Wildman–Crippen MR) is 70.1 cm³/mol. The summed E-state index contributed by atoms with van der Waals surface area (Å²) >= 11 is 3.36. The van der Waals surface area contributed by atoms with Crippen LogP contribution in [0.2, 0.25) is 0 Å². The fraction of sp³-hybridized carbons (Fsp3) is 0.667. The van der Waals surface area contributed by atoms with Gasteiger partial charge in [-0.15, -0.1) is 0 Å². The molecule has 0 spiro atoms. The molecule has 1 aliphatic heterocycles. The van der Waals surface area contributed by atoms with Crippen LogP contribution in [0.15, 0.2) is 10.7 Å². The quantitative estimate of drug-likeness (QED) is 0.868. The minimum atomic E-state index is 0.171. The third-order valence-corrected chi connectivity index (χ3v) is 3.87. The number of ketones is 1. The molecule has 0 amide bonds. The summed E-state index contributed by atoms with van der Waals surface area (Å²) in [5.74, 6) is 0.171. The number of hydrogen-bond acceptors (Lipinski definition) is 3. The molecule has 4 nitrogen and oxygen atoms in total. The van der Waals surface area contributed by atoms with E-state index in [0.29, 0.717) is 18.2 Å². The van der Waals surface area contributed by atoms with E-state index in [4.69, 9.17) is 0 Å². The molecule has 17 heavy (non-hydrogen) atoms. The Hall–Kier alpha value is -0.680. The number of nitrogens with zero attached hydrogens (tertiary/aromatic N) is 2. The molecule has 1 fully saturated rings. The van der Waals surface area contributed by atoms with Gasteiger partial charge in [0.2, 0.25) is 0 Å². The van der Waals surface area contributed by atoms with Gasteiger partial charge < -0.3 is 5.32 Å². The largest absolute Gasteiger partial charge is 0.314 e. The van der Waals surface area contributed by atoms with Gasteiger partial charge >= 0.3 is 0 Å². The minimum Gasteiger partial charge on any atom is -0.314 e. The number of carbonyl (C=O) groups excluding carboxylic acids is 1. The highest BCUT2D eigenvalue weighted by molar-refractivity contribution is 9.10. The molecule has 1 atom stereocenters. The van der Waals surface area contributed by atoms with Gasteiger partial charge in [0.1, 0.15) is 5.69 Å². The smallest absolute Gasteiger partial charge is 0.182 e. The van der Waals surface area contributed by atoms with Crippen LogP contribution in [0.1, 0.15) is 42.6 Å². The maximum absolute atomic E-state index is 12.1. The van der Waals surface area contributed by atoms with Crippen molar-refractivity contribution in [2.45, 2.75) is 38.1 Å². The van der Waals surface area contributed by atoms with Gasteiger partial charge in [-0.05, 0) is 41.7 Å². The predicted octanol–water partition coefficient (Wildman–Crippen LogP) is 2.29. The average molecular weight is 300 g/mol. The number of nitrogens with one attached hydrogen (secondary N) is 1. The highest BCUT2D eigenvalue weighted by Gasteiger charge is 2.18. The van der Waals surface area contributed by atoms with Crippen molar-refractivity contribution < 1.29 is 4.79 Å². The number of piperidine rings is 1. The van der Waals surface area contributed by atoms with Crippen LogP contribution >= 0.6 is 15.9 Å². The number of carbonyl (C=O) groups is 1. The zero-order chi connectivity index (χ0) is 12.3. The average Bonchev–Trinajstić information content (AvgIpc) is 2.67. The lowest BCUT2D eigenvalue weighted by atomic mass is 9.99. The van der Waals surface area contributed by atoms with Crippen LogP contribution in [0, 0.1) is 0 Å². The molecular formula is C12H18BrN3O. The summed E-state index contributed by atoms with van der Waals surface area (Å²) < 4.78 is 2.43. The van der Waals surface area contributed by atoms with Crippen molar-refractivity contribution in [1.82, 2.24) is 15.1 Å². The normalized spacial score (nSPS) is 20.5. The summed E-state index contributed by atoms with van der Waals surface area (Å²) in [5.41, 5.74) is 0.681. The number of halogens is 1. The van der Waals surface area contributed by atoms with E-state index in [0.717, 1.165) is 17.4 Å². The Morgan fingerprint density at radius 1 is 1.65 bits per heavy atom. The Bertz CT molecular complexity index is 377. The summed E-state index contributed by atoms with van der Waals surface area (Å²) in [4.78, 5) is 12.1. The van der Waals surface area contributed by atoms with Crippen LogP contribution in [0.5, 0.6) is 0 Å². The summed E-state index contributed by atoms with van der Waals surface area (Å²) in [6.07, 6.45) is 6.93. The maximum atomic E-state index is 12.1. The highest BCUT2D eigenvalue weighted by Crippen LogP contribution is 2.19. The van der Waals surface area contributed by atoms with Crippen molar-refractivity contribution in [2.75, 3.05) is 6.54 Å². The molecule has 1 unspecified atom stereocenters. The fourth-order valence-corrected chi connectivity index (χ4v) is 2.89. The summed E-state index contributed by atoms with van der Waals surface area (Å²) in [6, 6.07) is 0.514. The summed E-state index contributed by atoms with van der Waals surface area (Å²) in [5, 5.41) is 7.53. The van der Waals surface area contributed by atoms with E-state index in [-0.39, 0.29) is 5.78 Å². The van der Waals surface area contributed by atoms with Crippen molar-refractivity contribution in [3.8, 4) is 0 Å². The monoisotopic (exact) mass is 299 g/mol. The maximum Gasteiger partial charge on any atom is 0.182 e. The van der Waals surface area contributed by atoms with Gasteiger partial charge in [0, 0.05) is 19.5 Å². The molecule has 5 heteroatoms. The van der Waals surface area contributed by atoms with Gasteiger partial charge in [0.05, 0.1) is 10.7 Å². The third kappa shape index (κ3) is 3.16. The van der Waals surface area contributed by atoms with Crippen LogP contribution in [-0.2, 0) is 7.05 Å². The first kappa shape index (κ1) is 12.8.